The van der Waals surface area contributed by atoms with E-state index in [1.807, 2.05) is 52.4 Å². The summed E-state index contributed by atoms with van der Waals surface area (Å²) in [6, 6.07) is 1.42. The largest absolute Gasteiger partial charge is 0.420 e. The summed E-state index contributed by atoms with van der Waals surface area (Å²) in [6.45, 7) is 16.1. The van der Waals surface area contributed by atoms with E-state index in [9.17, 15) is 9.18 Å². The first kappa shape index (κ1) is 32.0. The molecule has 2 saturated heterocycles. The lowest BCUT2D eigenvalue weighted by Crippen LogP contribution is -2.53. The summed E-state index contributed by atoms with van der Waals surface area (Å²) in [4.78, 5) is 13.9. The molecule has 2 heterocycles. The van der Waals surface area contributed by atoms with Crippen molar-refractivity contribution < 1.29 is 42.1 Å². The van der Waals surface area contributed by atoms with E-state index >= 15 is 0 Å². The monoisotopic (exact) mass is 637 g/mol. The molecule has 2 rings (SSSR count). The molecule has 2 fully saturated rings. The molecule has 0 saturated carbocycles. The molecule has 19 heteroatoms. The first-order chi connectivity index (χ1) is 16.3. The van der Waals surface area contributed by atoms with Gasteiger partial charge >= 0.3 is 17.1 Å². The Bertz CT molecular complexity index is 603. The third-order valence-corrected chi connectivity index (χ3v) is 33.9. The quantitative estimate of drug-likeness (QED) is 0.343. The highest BCUT2D eigenvalue weighted by molar-refractivity contribution is 6.81. The highest BCUT2D eigenvalue weighted by Crippen LogP contribution is 2.24. The second-order valence-corrected chi connectivity index (χ2v) is 29.9. The minimum Gasteiger partial charge on any atom is -0.420 e. The van der Waals surface area contributed by atoms with Crippen LogP contribution in [0.25, 0.3) is 0 Å². The second-order valence-electron chi connectivity index (χ2n) is 9.41. The van der Waals surface area contributed by atoms with E-state index in [0.29, 0.717) is 38.0 Å². The van der Waals surface area contributed by atoms with Gasteiger partial charge in [-0.2, -0.15) is 0 Å². The van der Waals surface area contributed by atoms with Crippen molar-refractivity contribution in [2.45, 2.75) is 77.3 Å². The SMILES string of the molecule is C[SiH]1O[SiH](C)O[Si](C)(CCCN(CCC[Si]2(C)O[SiH](C)O[SiH](C)O[SiH](C)O2)C(=O)CF)O[SiH](C)O1. The fourth-order valence-electron chi connectivity index (χ4n) is 4.58. The molecular formula is C16H44FNO9Si8. The van der Waals surface area contributed by atoms with Crippen LogP contribution >= 0.6 is 0 Å². The Labute approximate surface area is 222 Å². The first-order valence-electron chi connectivity index (χ1n) is 12.5. The summed E-state index contributed by atoms with van der Waals surface area (Å²) in [7, 11) is -15.6. The van der Waals surface area contributed by atoms with Crippen molar-refractivity contribution in [2.24, 2.45) is 0 Å². The van der Waals surface area contributed by atoms with Gasteiger partial charge in [0.25, 0.3) is 61.6 Å². The number of carbonyl (C=O) groups is 1. The molecule has 0 aromatic rings. The molecule has 4 atom stereocenters. The van der Waals surface area contributed by atoms with Crippen molar-refractivity contribution in [3.63, 3.8) is 0 Å². The van der Waals surface area contributed by atoms with Crippen LogP contribution < -0.4 is 0 Å². The first-order valence-corrected chi connectivity index (χ1v) is 30.1. The van der Waals surface area contributed by atoms with Gasteiger partial charge in [0.15, 0.2) is 6.67 Å². The Hall–Kier alpha value is 0.815. The number of amides is 1. The maximum Gasteiger partial charge on any atom is 0.317 e. The molecule has 2 aliphatic heterocycles. The molecular weight excluding hydrogens is 594 g/mol. The predicted molar refractivity (Wildman–Crippen MR) is 151 cm³/mol. The van der Waals surface area contributed by atoms with Gasteiger partial charge in [-0.25, -0.2) is 4.39 Å². The molecule has 1 amide bonds. The summed E-state index contributed by atoms with van der Waals surface area (Å²) >= 11 is 0. The van der Waals surface area contributed by atoms with E-state index in [-0.39, 0.29) is 0 Å². The minimum atomic E-state index is -2.47. The summed E-state index contributed by atoms with van der Waals surface area (Å²) in [6.07, 6.45) is 1.37. The zero-order valence-corrected chi connectivity index (χ0v) is 31.3. The molecule has 0 N–H and O–H groups in total. The van der Waals surface area contributed by atoms with Gasteiger partial charge in [0.05, 0.1) is 0 Å². The molecule has 206 valence electrons. The van der Waals surface area contributed by atoms with Crippen molar-refractivity contribution in [1.82, 2.24) is 4.90 Å². The van der Waals surface area contributed by atoms with E-state index in [2.05, 4.69) is 0 Å². The van der Waals surface area contributed by atoms with Crippen LogP contribution in [0.15, 0.2) is 0 Å². The lowest BCUT2D eigenvalue weighted by Gasteiger charge is -2.37. The molecule has 0 bridgehead atoms. The van der Waals surface area contributed by atoms with Crippen LogP contribution in [0.3, 0.4) is 0 Å². The van der Waals surface area contributed by atoms with Gasteiger partial charge < -0.3 is 37.8 Å². The number of halogens is 1. The summed E-state index contributed by atoms with van der Waals surface area (Å²) in [5.41, 5.74) is 0. The van der Waals surface area contributed by atoms with Crippen LogP contribution in [0.4, 0.5) is 4.39 Å². The van der Waals surface area contributed by atoms with E-state index in [1.165, 1.54) is 0 Å². The number of alkyl halides is 1. The number of hydrogen-bond acceptors (Lipinski definition) is 9. The highest BCUT2D eigenvalue weighted by atomic mass is 28.5. The predicted octanol–water partition coefficient (Wildman–Crippen LogP) is 0.970. The van der Waals surface area contributed by atoms with E-state index in [4.69, 9.17) is 32.9 Å². The molecule has 0 aromatic heterocycles. The van der Waals surface area contributed by atoms with Crippen LogP contribution in [0.1, 0.15) is 12.8 Å². The van der Waals surface area contributed by atoms with Crippen molar-refractivity contribution in [1.29, 1.82) is 0 Å². The lowest BCUT2D eigenvalue weighted by atomic mass is 10.3. The molecule has 0 aliphatic carbocycles. The smallest absolute Gasteiger partial charge is 0.317 e. The molecule has 0 spiro atoms. The number of hydrogen-bond donors (Lipinski definition) is 0. The average Bonchev–Trinajstić information content (AvgIpc) is 2.68. The third kappa shape index (κ3) is 11.6. The molecule has 35 heavy (non-hydrogen) atoms. The van der Waals surface area contributed by atoms with Crippen molar-refractivity contribution in [3.05, 3.63) is 0 Å². The number of carbonyl (C=O) groups excluding carboxylic acids is 1. The third-order valence-electron chi connectivity index (χ3n) is 5.78. The van der Waals surface area contributed by atoms with Crippen molar-refractivity contribution in [3.8, 4) is 0 Å². The van der Waals surface area contributed by atoms with E-state index in [1.54, 1.807) is 4.90 Å². The van der Waals surface area contributed by atoms with Gasteiger partial charge in [0, 0.05) is 13.1 Å². The topological polar surface area (TPSA) is 94.2 Å². The average molecular weight is 638 g/mol. The summed E-state index contributed by atoms with van der Waals surface area (Å²) in [5, 5.41) is 0. The highest BCUT2D eigenvalue weighted by Gasteiger charge is 2.40. The molecule has 2 aliphatic rings. The number of rotatable bonds is 9. The van der Waals surface area contributed by atoms with Gasteiger partial charge in [0.2, 0.25) is 0 Å². The standard InChI is InChI=1S/C16H44FNO9Si8/c1-28-20-30(3)24-34(7,25-31(4)21-28)13-9-11-18(16(19)15-17)12-10-14-35(8)26-32(5)22-29(2)23-33(6)27-35/h28-33H,9-15H2,1-8H3. The van der Waals surface area contributed by atoms with E-state index in [0.717, 1.165) is 0 Å². The molecule has 0 aromatic carbocycles. The van der Waals surface area contributed by atoms with Gasteiger partial charge in [-0.1, -0.05) is 0 Å². The maximum absolute atomic E-state index is 13.3. The molecule has 4 unspecified atom stereocenters. The Morgan fingerprint density at radius 3 is 1.26 bits per heavy atom. The van der Waals surface area contributed by atoms with Crippen molar-refractivity contribution >= 4 is 78.7 Å². The van der Waals surface area contributed by atoms with Crippen LogP contribution in [-0.4, -0.2) is 103 Å². The Morgan fingerprint density at radius 1 is 0.657 bits per heavy atom. The fraction of sp³-hybridized carbons (Fsp3) is 0.938. The Kier molecular flexibility index (Phi) is 13.6. The number of nitrogens with zero attached hydrogens (tertiary/aromatic N) is 1. The van der Waals surface area contributed by atoms with E-state index < -0.39 is 85.4 Å². The van der Waals surface area contributed by atoms with Crippen LogP contribution in [0.5, 0.6) is 0 Å². The van der Waals surface area contributed by atoms with Gasteiger partial charge in [-0.05, 0) is 77.3 Å². The maximum atomic E-state index is 13.3. The van der Waals surface area contributed by atoms with Crippen molar-refractivity contribution in [2.75, 3.05) is 19.8 Å². The zero-order chi connectivity index (χ0) is 26.2. The van der Waals surface area contributed by atoms with Gasteiger partial charge in [0.1, 0.15) is 0 Å². The summed E-state index contributed by atoms with van der Waals surface area (Å²) in [5.74, 6) is -0.489. The van der Waals surface area contributed by atoms with Gasteiger partial charge in [-0.15, -0.1) is 0 Å². The normalized spacial score (nSPS) is 39.2. The molecule has 10 nitrogen and oxygen atoms in total. The molecule has 0 radical (unpaired) electrons. The Balaban J connectivity index is 1.89. The lowest BCUT2D eigenvalue weighted by molar-refractivity contribution is -0.132. The fourth-order valence-corrected chi connectivity index (χ4v) is 33.9. The second kappa shape index (κ2) is 14.8. The summed E-state index contributed by atoms with van der Waals surface area (Å²) < 4.78 is 62.5. The van der Waals surface area contributed by atoms with Crippen LogP contribution in [-0.2, 0) is 37.7 Å². The van der Waals surface area contributed by atoms with Crippen LogP contribution in [0.2, 0.25) is 64.5 Å². The minimum absolute atomic E-state index is 0.461. The van der Waals surface area contributed by atoms with Crippen LogP contribution in [0, 0.1) is 0 Å². The zero-order valence-electron chi connectivity index (χ0n) is 22.4. The Morgan fingerprint density at radius 2 is 0.971 bits per heavy atom. The van der Waals surface area contributed by atoms with Gasteiger partial charge in [-0.3, -0.25) is 4.79 Å².